The number of amides is 1. The van der Waals surface area contributed by atoms with Crippen LogP contribution in [0.1, 0.15) is 38.3 Å². The van der Waals surface area contributed by atoms with Crippen LogP contribution < -0.4 is 0 Å². The van der Waals surface area contributed by atoms with Crippen LogP contribution in [0.4, 0.5) is 0 Å². The number of carbonyl (C=O) groups is 1. The zero-order chi connectivity index (χ0) is 21.2. The third-order valence-electron chi connectivity index (χ3n) is 6.31. The number of nitriles is 1. The van der Waals surface area contributed by atoms with E-state index in [0.717, 1.165) is 56.9 Å². The summed E-state index contributed by atoms with van der Waals surface area (Å²) < 4.78 is 0. The summed E-state index contributed by atoms with van der Waals surface area (Å²) in [6.07, 6.45) is 3.06. The van der Waals surface area contributed by atoms with Crippen LogP contribution in [-0.4, -0.2) is 41.9 Å². The zero-order valence-electron chi connectivity index (χ0n) is 17.5. The molecule has 1 aromatic heterocycles. The number of hydrogen-bond donors (Lipinski definition) is 0. The van der Waals surface area contributed by atoms with Crippen LogP contribution in [0.25, 0.3) is 10.4 Å². The SMILES string of the molecule is N#Cc1ccc(CN2CCCN(C(=O)c3cc4c(s3)-c3ccccc3CC4)CC2)cc1. The molecule has 0 atom stereocenters. The van der Waals surface area contributed by atoms with E-state index in [4.69, 9.17) is 5.26 Å². The number of carbonyl (C=O) groups excluding carboxylic acids is 1. The molecule has 1 aliphatic heterocycles. The van der Waals surface area contributed by atoms with Crippen LogP contribution in [0.5, 0.6) is 0 Å². The number of nitrogens with zero attached hydrogens (tertiary/aromatic N) is 3. The van der Waals surface area contributed by atoms with Crippen molar-refractivity contribution >= 4 is 17.2 Å². The highest BCUT2D eigenvalue weighted by molar-refractivity contribution is 7.17. The van der Waals surface area contributed by atoms with Crippen LogP contribution in [0, 0.1) is 11.3 Å². The molecule has 4 nitrogen and oxygen atoms in total. The van der Waals surface area contributed by atoms with Gasteiger partial charge in [-0.25, -0.2) is 0 Å². The van der Waals surface area contributed by atoms with Crippen molar-refractivity contribution in [1.82, 2.24) is 9.80 Å². The first-order valence-corrected chi connectivity index (χ1v) is 11.7. The van der Waals surface area contributed by atoms with E-state index in [2.05, 4.69) is 41.3 Å². The lowest BCUT2D eigenvalue weighted by Gasteiger charge is -2.21. The van der Waals surface area contributed by atoms with Gasteiger partial charge in [-0.3, -0.25) is 9.69 Å². The minimum atomic E-state index is 0.178. The van der Waals surface area contributed by atoms with Crippen molar-refractivity contribution in [2.75, 3.05) is 26.2 Å². The van der Waals surface area contributed by atoms with Crippen molar-refractivity contribution in [3.05, 3.63) is 81.7 Å². The predicted octanol–water partition coefficient (Wildman–Crippen LogP) is 4.73. The van der Waals surface area contributed by atoms with Gasteiger partial charge < -0.3 is 4.90 Å². The molecule has 2 aromatic carbocycles. The lowest BCUT2D eigenvalue weighted by Crippen LogP contribution is -2.34. The molecule has 1 amide bonds. The van der Waals surface area contributed by atoms with Crippen molar-refractivity contribution in [3.8, 4) is 16.5 Å². The maximum atomic E-state index is 13.3. The second-order valence-corrected chi connectivity index (χ2v) is 9.40. The molecular weight excluding hydrogens is 402 g/mol. The van der Waals surface area contributed by atoms with E-state index in [1.807, 2.05) is 29.2 Å². The Bertz CT molecular complexity index is 1140. The molecule has 2 heterocycles. The van der Waals surface area contributed by atoms with Gasteiger partial charge in [0.2, 0.25) is 0 Å². The van der Waals surface area contributed by atoms with Crippen LogP contribution in [0.3, 0.4) is 0 Å². The van der Waals surface area contributed by atoms with Gasteiger partial charge in [-0.05, 0) is 59.7 Å². The van der Waals surface area contributed by atoms with Gasteiger partial charge >= 0.3 is 0 Å². The van der Waals surface area contributed by atoms with Crippen molar-refractivity contribution in [2.24, 2.45) is 0 Å². The molecular formula is C26H25N3OS. The first-order chi connectivity index (χ1) is 15.2. The standard InChI is InChI=1S/C26H25N3OS/c27-17-19-6-8-20(9-7-19)18-28-12-3-13-29(15-14-28)26(30)24-16-22-11-10-21-4-1-2-5-23(21)25(22)31-24/h1-2,4-9,16H,3,10-15,18H2. The third-order valence-corrected chi connectivity index (χ3v) is 7.51. The van der Waals surface area contributed by atoms with Crippen LogP contribution in [0.15, 0.2) is 54.6 Å². The Kier molecular flexibility index (Phi) is 5.59. The molecule has 5 rings (SSSR count). The van der Waals surface area contributed by atoms with Gasteiger partial charge in [-0.15, -0.1) is 11.3 Å². The van der Waals surface area contributed by atoms with E-state index in [1.165, 1.54) is 27.1 Å². The van der Waals surface area contributed by atoms with Gasteiger partial charge in [-0.2, -0.15) is 5.26 Å². The van der Waals surface area contributed by atoms with Gasteiger partial charge in [0.15, 0.2) is 0 Å². The number of hydrogen-bond acceptors (Lipinski definition) is 4. The fraction of sp³-hybridized carbons (Fsp3) is 0.308. The van der Waals surface area contributed by atoms with Gasteiger partial charge in [0.05, 0.1) is 16.5 Å². The normalized spacial score (nSPS) is 16.2. The van der Waals surface area contributed by atoms with E-state index >= 15 is 0 Å². The highest BCUT2D eigenvalue weighted by atomic mass is 32.1. The average molecular weight is 428 g/mol. The number of aryl methyl sites for hydroxylation is 2. The van der Waals surface area contributed by atoms with Crippen molar-refractivity contribution < 1.29 is 4.79 Å². The van der Waals surface area contributed by atoms with Crippen molar-refractivity contribution in [3.63, 3.8) is 0 Å². The summed E-state index contributed by atoms with van der Waals surface area (Å²) in [5, 5.41) is 8.97. The topological polar surface area (TPSA) is 47.3 Å². The summed E-state index contributed by atoms with van der Waals surface area (Å²) in [4.78, 5) is 19.9. The molecule has 1 saturated heterocycles. The quantitative estimate of drug-likeness (QED) is 0.607. The Morgan fingerprint density at radius 2 is 1.77 bits per heavy atom. The molecule has 0 unspecified atom stereocenters. The Hall–Kier alpha value is -2.94. The van der Waals surface area contributed by atoms with E-state index in [-0.39, 0.29) is 5.91 Å². The fourth-order valence-electron chi connectivity index (χ4n) is 4.61. The summed E-state index contributed by atoms with van der Waals surface area (Å²) >= 11 is 1.66. The summed E-state index contributed by atoms with van der Waals surface area (Å²) in [5.41, 5.74) is 5.92. The van der Waals surface area contributed by atoms with Gasteiger partial charge in [0, 0.05) is 37.6 Å². The van der Waals surface area contributed by atoms with Gasteiger partial charge in [-0.1, -0.05) is 36.4 Å². The maximum Gasteiger partial charge on any atom is 0.263 e. The highest BCUT2D eigenvalue weighted by Crippen LogP contribution is 2.39. The molecule has 1 fully saturated rings. The van der Waals surface area contributed by atoms with Crippen molar-refractivity contribution in [2.45, 2.75) is 25.8 Å². The summed E-state index contributed by atoms with van der Waals surface area (Å²) in [7, 11) is 0. The average Bonchev–Trinajstić information content (AvgIpc) is 3.13. The van der Waals surface area contributed by atoms with Crippen LogP contribution in [0.2, 0.25) is 0 Å². The molecule has 0 spiro atoms. The van der Waals surface area contributed by atoms with Crippen LogP contribution >= 0.6 is 11.3 Å². The summed E-state index contributed by atoms with van der Waals surface area (Å²) in [6, 6.07) is 20.7. The number of fused-ring (bicyclic) bond motifs is 3. The molecule has 31 heavy (non-hydrogen) atoms. The third kappa shape index (κ3) is 4.14. The van der Waals surface area contributed by atoms with E-state index < -0.39 is 0 Å². The summed E-state index contributed by atoms with van der Waals surface area (Å²) in [5.74, 6) is 0.178. The molecule has 5 heteroatoms. The van der Waals surface area contributed by atoms with E-state index in [0.29, 0.717) is 5.56 Å². The Morgan fingerprint density at radius 3 is 2.61 bits per heavy atom. The first kappa shape index (κ1) is 20.0. The Morgan fingerprint density at radius 1 is 0.968 bits per heavy atom. The van der Waals surface area contributed by atoms with E-state index in [1.54, 1.807) is 11.3 Å². The second-order valence-electron chi connectivity index (χ2n) is 8.35. The lowest BCUT2D eigenvalue weighted by atomic mass is 9.91. The molecule has 3 aromatic rings. The number of thiophene rings is 1. The Balaban J connectivity index is 1.26. The monoisotopic (exact) mass is 427 g/mol. The lowest BCUT2D eigenvalue weighted by molar-refractivity contribution is 0.0766. The first-order valence-electron chi connectivity index (χ1n) is 10.9. The molecule has 2 aliphatic rings. The van der Waals surface area contributed by atoms with E-state index in [9.17, 15) is 4.79 Å². The fourth-order valence-corrected chi connectivity index (χ4v) is 5.85. The minimum Gasteiger partial charge on any atom is -0.337 e. The minimum absolute atomic E-state index is 0.178. The van der Waals surface area contributed by atoms with Crippen LogP contribution in [-0.2, 0) is 19.4 Å². The molecule has 0 saturated carbocycles. The molecule has 156 valence electrons. The number of rotatable bonds is 3. The van der Waals surface area contributed by atoms with Crippen molar-refractivity contribution in [1.29, 1.82) is 5.26 Å². The number of benzene rings is 2. The van der Waals surface area contributed by atoms with Gasteiger partial charge in [0.1, 0.15) is 0 Å². The predicted molar refractivity (Wildman–Crippen MR) is 124 cm³/mol. The Labute approximate surface area is 187 Å². The maximum absolute atomic E-state index is 13.3. The molecule has 0 N–H and O–H groups in total. The smallest absolute Gasteiger partial charge is 0.263 e. The molecule has 0 bridgehead atoms. The zero-order valence-corrected chi connectivity index (χ0v) is 18.3. The molecule has 1 aliphatic carbocycles. The second kappa shape index (κ2) is 8.66. The molecule has 0 radical (unpaired) electrons. The highest BCUT2D eigenvalue weighted by Gasteiger charge is 2.25. The largest absolute Gasteiger partial charge is 0.337 e. The summed E-state index contributed by atoms with van der Waals surface area (Å²) in [6.45, 7) is 4.28. The van der Waals surface area contributed by atoms with Gasteiger partial charge in [0.25, 0.3) is 5.91 Å².